The summed E-state index contributed by atoms with van der Waals surface area (Å²) in [6, 6.07) is 15.7. The lowest BCUT2D eigenvalue weighted by Crippen LogP contribution is -2.35. The van der Waals surface area contributed by atoms with Gasteiger partial charge < -0.3 is 4.74 Å². The van der Waals surface area contributed by atoms with Crippen molar-refractivity contribution in [2.75, 3.05) is 6.26 Å². The van der Waals surface area contributed by atoms with Gasteiger partial charge in [-0.15, -0.1) is 11.8 Å². The number of hydrogen-bond donors (Lipinski definition) is 0. The first-order chi connectivity index (χ1) is 13.3. The van der Waals surface area contributed by atoms with E-state index in [2.05, 4.69) is 11.8 Å². The van der Waals surface area contributed by atoms with Crippen LogP contribution in [0.15, 0.2) is 71.0 Å². The lowest BCUT2D eigenvalue weighted by atomic mass is 10.2. The number of carbonyl (C=O) groups excluding carboxylic acids is 1. The first kappa shape index (κ1) is 21.8. The molecular formula is C22H22O4S2. The lowest BCUT2D eigenvalue weighted by molar-refractivity contribution is -0.143. The molecule has 146 valence electrons. The van der Waals surface area contributed by atoms with Crippen molar-refractivity contribution in [3.8, 4) is 11.8 Å². The molecule has 0 fully saturated rings. The molecule has 0 N–H and O–H groups in total. The number of rotatable bonds is 6. The lowest BCUT2D eigenvalue weighted by Gasteiger charge is -2.20. The summed E-state index contributed by atoms with van der Waals surface area (Å²) in [6.45, 7) is 3.12. The third kappa shape index (κ3) is 6.01. The third-order valence-electron chi connectivity index (χ3n) is 3.84. The Morgan fingerprint density at radius 1 is 1.11 bits per heavy atom. The molecule has 0 amide bonds. The van der Waals surface area contributed by atoms with E-state index in [0.717, 1.165) is 5.56 Å². The molecule has 0 aromatic heterocycles. The average molecular weight is 415 g/mol. The second kappa shape index (κ2) is 10.2. The number of ether oxygens (including phenoxy) is 1. The summed E-state index contributed by atoms with van der Waals surface area (Å²) in [4.78, 5) is 11.8. The highest BCUT2D eigenvalue weighted by Crippen LogP contribution is 2.23. The van der Waals surface area contributed by atoms with E-state index in [4.69, 9.17) is 4.74 Å². The maximum Gasteiger partial charge on any atom is 0.303 e. The van der Waals surface area contributed by atoms with Crippen LogP contribution >= 0.6 is 11.8 Å². The molecule has 0 aliphatic rings. The number of thioether (sulfide) groups is 1. The van der Waals surface area contributed by atoms with Crippen molar-refractivity contribution in [1.82, 2.24) is 0 Å². The van der Waals surface area contributed by atoms with Gasteiger partial charge in [0, 0.05) is 12.5 Å². The molecule has 2 unspecified atom stereocenters. The molecule has 2 aromatic carbocycles. The minimum absolute atomic E-state index is 0.160. The predicted octanol–water partition coefficient (Wildman–Crippen LogP) is 4.00. The molecule has 28 heavy (non-hydrogen) atoms. The number of benzene rings is 2. The fourth-order valence-electron chi connectivity index (χ4n) is 2.44. The zero-order chi connectivity index (χ0) is 20.6. The van der Waals surface area contributed by atoms with Crippen molar-refractivity contribution in [3.05, 3.63) is 77.2 Å². The molecule has 0 saturated carbocycles. The van der Waals surface area contributed by atoms with Gasteiger partial charge in [-0.25, -0.2) is 8.42 Å². The van der Waals surface area contributed by atoms with Gasteiger partial charge in [0.1, 0.15) is 5.25 Å². The zero-order valence-corrected chi connectivity index (χ0v) is 17.6. The first-order valence-electron chi connectivity index (χ1n) is 8.58. The van der Waals surface area contributed by atoms with Crippen LogP contribution in [0.4, 0.5) is 0 Å². The topological polar surface area (TPSA) is 60.4 Å². The van der Waals surface area contributed by atoms with Crippen LogP contribution in [0.1, 0.15) is 18.1 Å². The second-order valence-corrected chi connectivity index (χ2v) is 8.90. The third-order valence-corrected chi connectivity index (χ3v) is 6.32. The molecule has 2 rings (SSSR count). The van der Waals surface area contributed by atoms with Crippen LogP contribution in [0.2, 0.25) is 0 Å². The zero-order valence-electron chi connectivity index (χ0n) is 16.0. The molecule has 0 spiro atoms. The van der Waals surface area contributed by atoms with Gasteiger partial charge in [0.25, 0.3) is 0 Å². The smallest absolute Gasteiger partial charge is 0.303 e. The molecule has 2 atom stereocenters. The summed E-state index contributed by atoms with van der Waals surface area (Å²) in [5.41, 5.74) is 1.66. The number of hydrogen-bond acceptors (Lipinski definition) is 5. The monoisotopic (exact) mass is 414 g/mol. The van der Waals surface area contributed by atoms with E-state index >= 15 is 0 Å². The molecule has 6 heteroatoms. The van der Waals surface area contributed by atoms with Crippen LogP contribution in [0.3, 0.4) is 0 Å². The van der Waals surface area contributed by atoms with Crippen molar-refractivity contribution in [3.63, 3.8) is 0 Å². The van der Waals surface area contributed by atoms with E-state index < -0.39 is 27.2 Å². The second-order valence-electron chi connectivity index (χ2n) is 6.05. The highest BCUT2D eigenvalue weighted by Gasteiger charge is 2.34. The van der Waals surface area contributed by atoms with Crippen LogP contribution in [-0.2, 0) is 19.4 Å². The number of carbonyl (C=O) groups is 1. The van der Waals surface area contributed by atoms with E-state index in [-0.39, 0.29) is 4.90 Å². The predicted molar refractivity (Wildman–Crippen MR) is 114 cm³/mol. The molecule has 0 heterocycles. The highest BCUT2D eigenvalue weighted by molar-refractivity contribution is 8.01. The molecule has 4 nitrogen and oxygen atoms in total. The van der Waals surface area contributed by atoms with Gasteiger partial charge >= 0.3 is 5.97 Å². The van der Waals surface area contributed by atoms with Crippen LogP contribution in [0.25, 0.3) is 0 Å². The maximum atomic E-state index is 13.3. The van der Waals surface area contributed by atoms with E-state index in [9.17, 15) is 13.2 Å². The standard InChI is InChI=1S/C22H22O4S2/c1-17-9-12-20(13-10-17)28(24,25)22(15-16-27-3)21(26-18(2)23)14-11-19-7-5-4-6-8-19/h4-10,12-13,15-16,21-22H,1-3H3/b16-15+. The Morgan fingerprint density at radius 3 is 2.32 bits per heavy atom. The Labute approximate surface area is 170 Å². The molecule has 0 radical (unpaired) electrons. The number of aryl methyl sites for hydroxylation is 1. The Kier molecular flexibility index (Phi) is 7.91. The van der Waals surface area contributed by atoms with Gasteiger partial charge in [-0.05, 0) is 42.9 Å². The quantitative estimate of drug-likeness (QED) is 0.528. The van der Waals surface area contributed by atoms with Crippen molar-refractivity contribution in [2.45, 2.75) is 30.1 Å². The summed E-state index contributed by atoms with van der Waals surface area (Å²) in [5.74, 6) is 5.15. The number of sulfone groups is 1. The van der Waals surface area contributed by atoms with Crippen LogP contribution in [0, 0.1) is 18.8 Å². The Hall–Kier alpha value is -2.49. The first-order valence-corrected chi connectivity index (χ1v) is 11.4. The fourth-order valence-corrected chi connectivity index (χ4v) is 4.43. The van der Waals surface area contributed by atoms with Gasteiger partial charge in [0.05, 0.1) is 4.90 Å². The maximum absolute atomic E-state index is 13.3. The van der Waals surface area contributed by atoms with Crippen molar-refractivity contribution >= 4 is 27.6 Å². The van der Waals surface area contributed by atoms with E-state index in [1.807, 2.05) is 31.4 Å². The SMILES string of the molecule is CS/C=C/C(C(C#Cc1ccccc1)OC(C)=O)S(=O)(=O)c1ccc(C)cc1. The summed E-state index contributed by atoms with van der Waals surface area (Å²) in [6.07, 6.45) is 2.21. The minimum atomic E-state index is -3.82. The van der Waals surface area contributed by atoms with Crippen molar-refractivity contribution in [2.24, 2.45) is 0 Å². The number of esters is 1. The molecule has 0 bridgehead atoms. The van der Waals surface area contributed by atoms with Gasteiger partial charge in [-0.3, -0.25) is 4.79 Å². The van der Waals surface area contributed by atoms with Crippen LogP contribution in [0.5, 0.6) is 0 Å². The average Bonchev–Trinajstić information content (AvgIpc) is 2.67. The summed E-state index contributed by atoms with van der Waals surface area (Å²) >= 11 is 1.36. The van der Waals surface area contributed by atoms with E-state index in [0.29, 0.717) is 5.56 Å². The molecular weight excluding hydrogens is 392 g/mol. The summed E-state index contributed by atoms with van der Waals surface area (Å²) in [7, 11) is -3.82. The van der Waals surface area contributed by atoms with Gasteiger partial charge in [0.2, 0.25) is 0 Å². The van der Waals surface area contributed by atoms with E-state index in [1.54, 1.807) is 41.8 Å². The normalized spacial score (nSPS) is 13.4. The van der Waals surface area contributed by atoms with Crippen LogP contribution in [-0.4, -0.2) is 32.0 Å². The van der Waals surface area contributed by atoms with Crippen LogP contribution < -0.4 is 0 Å². The Balaban J connectivity index is 2.51. The van der Waals surface area contributed by atoms with Crippen molar-refractivity contribution in [1.29, 1.82) is 0 Å². The molecule has 0 saturated heterocycles. The largest absolute Gasteiger partial charge is 0.448 e. The fraction of sp³-hybridized carbons (Fsp3) is 0.227. The minimum Gasteiger partial charge on any atom is -0.448 e. The highest BCUT2D eigenvalue weighted by atomic mass is 32.2. The molecule has 2 aromatic rings. The van der Waals surface area contributed by atoms with Gasteiger partial charge in [-0.2, -0.15) is 0 Å². The van der Waals surface area contributed by atoms with Gasteiger partial charge in [0.15, 0.2) is 15.9 Å². The van der Waals surface area contributed by atoms with E-state index in [1.165, 1.54) is 24.8 Å². The van der Waals surface area contributed by atoms with Gasteiger partial charge in [-0.1, -0.05) is 53.8 Å². The van der Waals surface area contributed by atoms with Crippen molar-refractivity contribution < 1.29 is 17.9 Å². The molecule has 0 aliphatic carbocycles. The summed E-state index contributed by atoms with van der Waals surface area (Å²) < 4.78 is 31.8. The molecule has 0 aliphatic heterocycles. The summed E-state index contributed by atoms with van der Waals surface area (Å²) in [5, 5.41) is 0.541. The Bertz CT molecular complexity index is 982. The Morgan fingerprint density at radius 2 is 1.75 bits per heavy atom.